The van der Waals surface area contributed by atoms with Gasteiger partial charge in [-0.15, -0.1) is 0 Å². The fourth-order valence-electron chi connectivity index (χ4n) is 5.24. The van der Waals surface area contributed by atoms with E-state index in [1.165, 1.54) is 6.26 Å². The topological polar surface area (TPSA) is 89.9 Å². The molecule has 8 heteroatoms. The van der Waals surface area contributed by atoms with Crippen LogP contribution in [-0.2, 0) is 13.0 Å². The number of amides is 2. The first-order valence-corrected chi connectivity index (χ1v) is 10.5. The molecule has 0 unspecified atom stereocenters. The highest BCUT2D eigenvalue weighted by Gasteiger charge is 2.42. The van der Waals surface area contributed by atoms with Crippen molar-refractivity contribution in [2.75, 3.05) is 33.2 Å². The molecule has 2 fully saturated rings. The van der Waals surface area contributed by atoms with Crippen LogP contribution in [0.5, 0.6) is 0 Å². The van der Waals surface area contributed by atoms with Crippen molar-refractivity contribution in [1.82, 2.24) is 19.7 Å². The van der Waals surface area contributed by atoms with Gasteiger partial charge in [0.1, 0.15) is 11.3 Å². The minimum absolute atomic E-state index is 0.0959. The molecule has 158 valence electrons. The average Bonchev–Trinajstić information content (AvgIpc) is 3.44. The Bertz CT molecular complexity index is 1070. The highest BCUT2D eigenvalue weighted by atomic mass is 16.3. The highest BCUT2D eigenvalue weighted by Crippen LogP contribution is 2.31. The summed E-state index contributed by atoms with van der Waals surface area (Å²) >= 11 is 0. The average molecular weight is 410 g/mol. The molecule has 0 aliphatic carbocycles. The van der Waals surface area contributed by atoms with Crippen molar-refractivity contribution in [2.24, 2.45) is 5.92 Å². The predicted molar refractivity (Wildman–Crippen MR) is 109 cm³/mol. The Balaban J connectivity index is 1.40. The van der Waals surface area contributed by atoms with Crippen LogP contribution in [-0.4, -0.2) is 70.8 Å². The van der Waals surface area contributed by atoms with Crippen LogP contribution in [0.15, 0.2) is 27.7 Å². The molecule has 2 saturated heterocycles. The molecule has 3 aliphatic heterocycles. The Labute approximate surface area is 174 Å². The van der Waals surface area contributed by atoms with Crippen molar-refractivity contribution < 1.29 is 14.0 Å². The number of likely N-dealkylation sites (tertiary alicyclic amines) is 2. The third kappa shape index (κ3) is 2.98. The third-order valence-electron chi connectivity index (χ3n) is 6.99. The molecule has 1 N–H and O–H groups in total. The van der Waals surface area contributed by atoms with Gasteiger partial charge in [0.25, 0.3) is 17.4 Å². The van der Waals surface area contributed by atoms with E-state index in [1.54, 1.807) is 24.1 Å². The van der Waals surface area contributed by atoms with Crippen LogP contribution in [0, 0.1) is 12.8 Å². The zero-order chi connectivity index (χ0) is 21.0. The highest BCUT2D eigenvalue weighted by molar-refractivity contribution is 5.97. The second kappa shape index (κ2) is 7.12. The lowest BCUT2D eigenvalue weighted by Gasteiger charge is -2.30. The van der Waals surface area contributed by atoms with Crippen molar-refractivity contribution in [3.63, 3.8) is 0 Å². The number of furan rings is 1. The van der Waals surface area contributed by atoms with E-state index in [4.69, 9.17) is 4.42 Å². The number of fused-ring (bicyclic) bond motifs is 2. The van der Waals surface area contributed by atoms with Gasteiger partial charge in [-0.05, 0) is 56.5 Å². The van der Waals surface area contributed by atoms with Crippen molar-refractivity contribution in [2.45, 2.75) is 32.4 Å². The summed E-state index contributed by atoms with van der Waals surface area (Å²) in [5.74, 6) is 0.805. The quantitative estimate of drug-likeness (QED) is 0.805. The molecule has 30 heavy (non-hydrogen) atoms. The normalized spacial score (nSPS) is 23.5. The van der Waals surface area contributed by atoms with Gasteiger partial charge in [0.2, 0.25) is 0 Å². The Morgan fingerprint density at radius 2 is 2.00 bits per heavy atom. The number of rotatable bonds is 2. The first kappa shape index (κ1) is 19.1. The maximum Gasteiger partial charge on any atom is 0.261 e. The maximum atomic E-state index is 13.3. The van der Waals surface area contributed by atoms with Crippen molar-refractivity contribution in [1.29, 1.82) is 0 Å². The fraction of sp³-hybridized carbons (Fsp3) is 0.500. The van der Waals surface area contributed by atoms with Crippen molar-refractivity contribution in [3.05, 3.63) is 56.9 Å². The van der Waals surface area contributed by atoms with Gasteiger partial charge in [-0.3, -0.25) is 14.4 Å². The van der Waals surface area contributed by atoms with Crippen molar-refractivity contribution in [3.8, 4) is 0 Å². The van der Waals surface area contributed by atoms with Crippen LogP contribution in [0.25, 0.3) is 0 Å². The fourth-order valence-corrected chi connectivity index (χ4v) is 5.24. The van der Waals surface area contributed by atoms with E-state index in [2.05, 4.69) is 16.9 Å². The van der Waals surface area contributed by atoms with Gasteiger partial charge in [0, 0.05) is 38.4 Å². The molecule has 8 nitrogen and oxygen atoms in total. The van der Waals surface area contributed by atoms with E-state index in [1.807, 2.05) is 4.90 Å². The van der Waals surface area contributed by atoms with Gasteiger partial charge in [0.15, 0.2) is 0 Å². The largest absolute Gasteiger partial charge is 0.469 e. The van der Waals surface area contributed by atoms with Gasteiger partial charge in [-0.1, -0.05) is 0 Å². The molecule has 0 radical (unpaired) electrons. The number of carbonyl (C=O) groups excluding carboxylic acids is 2. The number of aryl methyl sites for hydroxylation is 1. The molecule has 0 spiro atoms. The lowest BCUT2D eigenvalue weighted by atomic mass is 9.95. The summed E-state index contributed by atoms with van der Waals surface area (Å²) in [5.41, 5.74) is 2.07. The number of nitrogens with one attached hydrogen (secondary N) is 1. The SMILES string of the molecule is Cc1occc1C(=O)N1CCc2c(c[nH]c(=O)c2C(=O)N2C[C@@H]3CCN(C)[C@@H]3C2)C1. The Hall–Kier alpha value is -2.87. The van der Waals surface area contributed by atoms with E-state index in [9.17, 15) is 14.4 Å². The number of hydrogen-bond donors (Lipinski definition) is 1. The molecular formula is C22H26N4O4. The van der Waals surface area contributed by atoms with Crippen LogP contribution in [0.1, 0.15) is 44.0 Å². The van der Waals surface area contributed by atoms with E-state index in [-0.39, 0.29) is 22.9 Å². The smallest absolute Gasteiger partial charge is 0.261 e. The molecule has 0 aromatic carbocycles. The van der Waals surface area contributed by atoms with E-state index in [0.717, 1.165) is 24.1 Å². The van der Waals surface area contributed by atoms with Crippen LogP contribution in [0.3, 0.4) is 0 Å². The van der Waals surface area contributed by atoms with Gasteiger partial charge in [-0.25, -0.2) is 0 Å². The maximum absolute atomic E-state index is 13.3. The van der Waals surface area contributed by atoms with E-state index in [0.29, 0.717) is 55.9 Å². The summed E-state index contributed by atoms with van der Waals surface area (Å²) < 4.78 is 5.26. The Kier molecular flexibility index (Phi) is 4.54. The van der Waals surface area contributed by atoms with Gasteiger partial charge in [-0.2, -0.15) is 0 Å². The van der Waals surface area contributed by atoms with E-state index < -0.39 is 0 Å². The number of H-pyrrole nitrogens is 1. The predicted octanol–water partition coefficient (Wildman–Crippen LogP) is 1.25. The van der Waals surface area contributed by atoms with Crippen LogP contribution in [0.2, 0.25) is 0 Å². The number of aromatic nitrogens is 1. The monoisotopic (exact) mass is 410 g/mol. The van der Waals surface area contributed by atoms with Gasteiger partial charge >= 0.3 is 0 Å². The number of pyridine rings is 1. The molecule has 0 saturated carbocycles. The van der Waals surface area contributed by atoms with Crippen LogP contribution >= 0.6 is 0 Å². The second-order valence-corrected chi connectivity index (χ2v) is 8.67. The number of carbonyl (C=O) groups is 2. The molecule has 2 aromatic heterocycles. The standard InChI is InChI=1S/C22H26N4O4/c1-13-16(5-8-30-13)21(28)25-7-4-17-15(11-25)9-23-20(27)19(17)22(29)26-10-14-3-6-24(2)18(14)12-26/h5,8-9,14,18H,3-4,6-7,10-12H2,1-2H3,(H,23,27)/t14-,18+/m0/s1. The summed E-state index contributed by atoms with van der Waals surface area (Å²) in [6.45, 7) is 5.05. The summed E-state index contributed by atoms with van der Waals surface area (Å²) in [4.78, 5) is 47.4. The number of likely N-dealkylation sites (N-methyl/N-ethyl adjacent to an activating group) is 1. The van der Waals surface area contributed by atoms with Crippen LogP contribution in [0.4, 0.5) is 0 Å². The molecule has 2 atom stereocenters. The van der Waals surface area contributed by atoms with Crippen LogP contribution < -0.4 is 5.56 Å². The second-order valence-electron chi connectivity index (χ2n) is 8.67. The molecule has 5 rings (SSSR count). The Morgan fingerprint density at radius 1 is 1.17 bits per heavy atom. The third-order valence-corrected chi connectivity index (χ3v) is 6.99. The molecule has 5 heterocycles. The molecule has 3 aliphatic rings. The number of nitrogens with zero attached hydrogens (tertiary/aromatic N) is 3. The lowest BCUT2D eigenvalue weighted by molar-refractivity contribution is 0.0731. The number of hydrogen-bond acceptors (Lipinski definition) is 5. The number of aromatic amines is 1. The summed E-state index contributed by atoms with van der Waals surface area (Å²) in [7, 11) is 2.10. The first-order valence-electron chi connectivity index (χ1n) is 10.5. The molecular weight excluding hydrogens is 384 g/mol. The zero-order valence-electron chi connectivity index (χ0n) is 17.3. The van der Waals surface area contributed by atoms with Gasteiger partial charge in [0.05, 0.1) is 11.8 Å². The van der Waals surface area contributed by atoms with E-state index >= 15 is 0 Å². The Morgan fingerprint density at radius 3 is 2.73 bits per heavy atom. The summed E-state index contributed by atoms with van der Waals surface area (Å²) in [5, 5.41) is 0. The van der Waals surface area contributed by atoms with Crippen molar-refractivity contribution >= 4 is 11.8 Å². The summed E-state index contributed by atoms with van der Waals surface area (Å²) in [6, 6.07) is 2.06. The first-order chi connectivity index (χ1) is 14.4. The zero-order valence-corrected chi connectivity index (χ0v) is 17.3. The van der Waals surface area contributed by atoms with Gasteiger partial charge < -0.3 is 24.1 Å². The molecule has 0 bridgehead atoms. The minimum Gasteiger partial charge on any atom is -0.469 e. The minimum atomic E-state index is -0.338. The molecule has 2 amide bonds. The lowest BCUT2D eigenvalue weighted by Crippen LogP contribution is -2.41. The summed E-state index contributed by atoms with van der Waals surface area (Å²) in [6.07, 6.45) is 4.74. The molecule has 2 aromatic rings.